The van der Waals surface area contributed by atoms with E-state index >= 15 is 0 Å². The lowest BCUT2D eigenvalue weighted by Gasteiger charge is -2.41. The molecule has 0 radical (unpaired) electrons. The van der Waals surface area contributed by atoms with E-state index in [-0.39, 0.29) is 5.41 Å². The maximum atomic E-state index is 14.8. The van der Waals surface area contributed by atoms with Gasteiger partial charge in [-0.05, 0) is 56.5 Å². The molecule has 0 aromatic rings. The van der Waals surface area contributed by atoms with E-state index in [0.29, 0.717) is 6.42 Å². The number of piperidine rings is 2. The summed E-state index contributed by atoms with van der Waals surface area (Å²) in [6, 6.07) is 0. The first-order valence-electron chi connectivity index (χ1n) is 7.98. The fourth-order valence-corrected chi connectivity index (χ4v) is 3.69. The van der Waals surface area contributed by atoms with Gasteiger partial charge in [0, 0.05) is 19.6 Å². The van der Waals surface area contributed by atoms with Crippen molar-refractivity contribution < 1.29 is 4.39 Å². The Kier molecular flexibility index (Phi) is 4.88. The molecule has 2 heterocycles. The van der Waals surface area contributed by atoms with E-state index in [4.69, 9.17) is 0 Å². The van der Waals surface area contributed by atoms with E-state index in [1.165, 1.54) is 19.4 Å². The molecule has 0 spiro atoms. The molecule has 0 atom stereocenters. The average Bonchev–Trinajstić information content (AvgIpc) is 2.31. The number of nitrogens with zero attached hydrogens (tertiary/aromatic N) is 1. The van der Waals surface area contributed by atoms with Crippen LogP contribution in [0.3, 0.4) is 0 Å². The van der Waals surface area contributed by atoms with Crippen LogP contribution in [-0.2, 0) is 0 Å². The molecule has 19 heavy (non-hydrogen) atoms. The molecule has 0 aliphatic carbocycles. The van der Waals surface area contributed by atoms with Gasteiger partial charge >= 0.3 is 0 Å². The van der Waals surface area contributed by atoms with Crippen molar-refractivity contribution in [3.63, 3.8) is 0 Å². The van der Waals surface area contributed by atoms with E-state index in [0.717, 1.165) is 44.9 Å². The zero-order valence-electron chi connectivity index (χ0n) is 13.0. The second-order valence-electron chi connectivity index (χ2n) is 7.88. The van der Waals surface area contributed by atoms with Crippen LogP contribution in [0.5, 0.6) is 0 Å². The van der Waals surface area contributed by atoms with Gasteiger partial charge in [0.1, 0.15) is 5.67 Å². The predicted octanol–water partition coefficient (Wildman–Crippen LogP) is 3.23. The first-order valence-corrected chi connectivity index (χ1v) is 7.98. The lowest BCUT2D eigenvalue weighted by Crippen LogP contribution is -2.46. The molecular weight excluding hydrogens is 239 g/mol. The van der Waals surface area contributed by atoms with Crippen molar-refractivity contribution >= 4 is 0 Å². The Hall–Kier alpha value is -0.150. The number of halogens is 1. The SMILES string of the molecule is CC(C)(C)CC1(F)CCN(CC2CCNCC2)CC1. The highest BCUT2D eigenvalue weighted by atomic mass is 19.1. The zero-order valence-corrected chi connectivity index (χ0v) is 13.0. The molecule has 2 fully saturated rings. The molecule has 3 heteroatoms. The van der Waals surface area contributed by atoms with Crippen molar-refractivity contribution in [1.29, 1.82) is 0 Å². The van der Waals surface area contributed by atoms with Gasteiger partial charge in [-0.3, -0.25) is 0 Å². The summed E-state index contributed by atoms with van der Waals surface area (Å²) < 4.78 is 14.8. The molecule has 0 aromatic heterocycles. The Balaban J connectivity index is 1.75. The molecule has 0 amide bonds. The topological polar surface area (TPSA) is 15.3 Å². The van der Waals surface area contributed by atoms with E-state index in [1.54, 1.807) is 0 Å². The maximum Gasteiger partial charge on any atom is 0.114 e. The highest BCUT2D eigenvalue weighted by molar-refractivity contribution is 4.90. The van der Waals surface area contributed by atoms with Crippen LogP contribution in [0.4, 0.5) is 4.39 Å². The number of alkyl halides is 1. The van der Waals surface area contributed by atoms with Crippen LogP contribution in [0, 0.1) is 11.3 Å². The van der Waals surface area contributed by atoms with Crippen LogP contribution < -0.4 is 5.32 Å². The van der Waals surface area contributed by atoms with Crippen molar-refractivity contribution in [1.82, 2.24) is 10.2 Å². The molecule has 0 unspecified atom stereocenters. The third-order valence-corrected chi connectivity index (χ3v) is 4.57. The van der Waals surface area contributed by atoms with Crippen LogP contribution in [0.2, 0.25) is 0 Å². The third-order valence-electron chi connectivity index (χ3n) is 4.57. The number of hydrogen-bond acceptors (Lipinski definition) is 2. The molecule has 2 aliphatic heterocycles. The van der Waals surface area contributed by atoms with Crippen LogP contribution in [0.1, 0.15) is 52.9 Å². The van der Waals surface area contributed by atoms with Gasteiger partial charge in [0.25, 0.3) is 0 Å². The summed E-state index contributed by atoms with van der Waals surface area (Å²) in [5.41, 5.74) is -0.811. The van der Waals surface area contributed by atoms with Gasteiger partial charge < -0.3 is 10.2 Å². The van der Waals surface area contributed by atoms with E-state index in [2.05, 4.69) is 31.0 Å². The van der Waals surface area contributed by atoms with Crippen LogP contribution >= 0.6 is 0 Å². The fraction of sp³-hybridized carbons (Fsp3) is 1.00. The maximum absolute atomic E-state index is 14.8. The Morgan fingerprint density at radius 1 is 1.16 bits per heavy atom. The van der Waals surface area contributed by atoms with Gasteiger partial charge in [-0.25, -0.2) is 4.39 Å². The smallest absolute Gasteiger partial charge is 0.114 e. The summed E-state index contributed by atoms with van der Waals surface area (Å²) in [5.74, 6) is 0.830. The molecule has 112 valence electrons. The summed E-state index contributed by atoms with van der Waals surface area (Å²) in [7, 11) is 0. The lowest BCUT2D eigenvalue weighted by atomic mass is 9.78. The number of rotatable bonds is 3. The normalized spacial score (nSPS) is 26.5. The molecule has 0 bridgehead atoms. The molecule has 1 N–H and O–H groups in total. The molecule has 0 aromatic carbocycles. The largest absolute Gasteiger partial charge is 0.317 e. The number of likely N-dealkylation sites (tertiary alicyclic amines) is 1. The summed E-state index contributed by atoms with van der Waals surface area (Å²) in [6.45, 7) is 11.9. The van der Waals surface area contributed by atoms with Gasteiger partial charge in [0.15, 0.2) is 0 Å². The van der Waals surface area contributed by atoms with Crippen molar-refractivity contribution in [2.45, 2.75) is 58.5 Å². The van der Waals surface area contributed by atoms with Crippen molar-refractivity contribution in [2.24, 2.45) is 11.3 Å². The Morgan fingerprint density at radius 3 is 2.26 bits per heavy atom. The molecular formula is C16H31FN2. The van der Waals surface area contributed by atoms with Crippen LogP contribution in [-0.4, -0.2) is 43.3 Å². The van der Waals surface area contributed by atoms with Gasteiger partial charge in [-0.15, -0.1) is 0 Å². The summed E-state index contributed by atoms with van der Waals surface area (Å²) >= 11 is 0. The van der Waals surface area contributed by atoms with Crippen LogP contribution in [0.15, 0.2) is 0 Å². The minimum Gasteiger partial charge on any atom is -0.317 e. The molecule has 2 aliphatic rings. The zero-order chi connectivity index (χ0) is 13.9. The van der Waals surface area contributed by atoms with Crippen molar-refractivity contribution in [3.8, 4) is 0 Å². The Bertz CT molecular complexity index is 271. The fourth-order valence-electron chi connectivity index (χ4n) is 3.69. The average molecular weight is 270 g/mol. The standard InChI is InChI=1S/C16H31FN2/c1-15(2,3)13-16(17)6-10-19(11-7-16)12-14-4-8-18-9-5-14/h14,18H,4-13H2,1-3H3. The third kappa shape index (κ3) is 5.03. The van der Waals surface area contributed by atoms with Crippen LogP contribution in [0.25, 0.3) is 0 Å². The van der Waals surface area contributed by atoms with E-state index < -0.39 is 5.67 Å². The minimum absolute atomic E-state index is 0.103. The highest BCUT2D eigenvalue weighted by Crippen LogP contribution is 2.37. The first kappa shape index (κ1) is 15.2. The number of hydrogen-bond donors (Lipinski definition) is 1. The second kappa shape index (κ2) is 6.09. The van der Waals surface area contributed by atoms with Gasteiger partial charge in [0.05, 0.1) is 0 Å². The highest BCUT2D eigenvalue weighted by Gasteiger charge is 2.38. The summed E-state index contributed by atoms with van der Waals surface area (Å²) in [6.07, 6.45) is 4.75. The van der Waals surface area contributed by atoms with Crippen molar-refractivity contribution in [3.05, 3.63) is 0 Å². The van der Waals surface area contributed by atoms with Gasteiger partial charge in [-0.2, -0.15) is 0 Å². The lowest BCUT2D eigenvalue weighted by molar-refractivity contribution is 0.0181. The molecule has 2 nitrogen and oxygen atoms in total. The quantitative estimate of drug-likeness (QED) is 0.847. The predicted molar refractivity (Wildman–Crippen MR) is 79.2 cm³/mol. The molecule has 0 saturated carbocycles. The van der Waals surface area contributed by atoms with Gasteiger partial charge in [0.2, 0.25) is 0 Å². The molecule has 2 saturated heterocycles. The monoisotopic (exact) mass is 270 g/mol. The van der Waals surface area contributed by atoms with E-state index in [9.17, 15) is 4.39 Å². The summed E-state index contributed by atoms with van der Waals surface area (Å²) in [4.78, 5) is 2.50. The van der Waals surface area contributed by atoms with E-state index in [1.807, 2.05) is 0 Å². The Morgan fingerprint density at radius 2 is 1.74 bits per heavy atom. The van der Waals surface area contributed by atoms with Crippen molar-refractivity contribution in [2.75, 3.05) is 32.7 Å². The second-order valence-corrected chi connectivity index (χ2v) is 7.88. The molecule has 2 rings (SSSR count). The summed E-state index contributed by atoms with van der Waals surface area (Å²) in [5, 5.41) is 3.41. The minimum atomic E-state index is -0.914. The Labute approximate surface area is 118 Å². The van der Waals surface area contributed by atoms with Gasteiger partial charge in [-0.1, -0.05) is 20.8 Å². The number of nitrogens with one attached hydrogen (secondary N) is 1. The first-order chi connectivity index (χ1) is 8.86.